The number of aliphatic hydroxyl groups is 1. The fraction of sp³-hybridized carbons (Fsp3) is 0.583. The lowest BCUT2D eigenvalue weighted by Gasteiger charge is -2.25. The van der Waals surface area contributed by atoms with Crippen LogP contribution in [-0.4, -0.2) is 33.6 Å². The second-order valence-electron chi connectivity index (χ2n) is 5.02. The van der Waals surface area contributed by atoms with Crippen LogP contribution in [0.4, 0.5) is 0 Å². The molecule has 0 saturated heterocycles. The van der Waals surface area contributed by atoms with Gasteiger partial charge in [0.1, 0.15) is 5.69 Å². The first-order valence-corrected chi connectivity index (χ1v) is 5.63. The van der Waals surface area contributed by atoms with Crippen LogP contribution in [0.5, 0.6) is 0 Å². The summed E-state index contributed by atoms with van der Waals surface area (Å²) < 4.78 is 0. The number of carbonyl (C=O) groups is 1. The first-order valence-electron chi connectivity index (χ1n) is 5.63. The number of aromatic nitrogens is 2. The molecule has 2 N–H and O–H groups in total. The minimum atomic E-state index is -0.440. The van der Waals surface area contributed by atoms with Gasteiger partial charge in [0.25, 0.3) is 5.91 Å². The monoisotopic (exact) mass is 237 g/mol. The van der Waals surface area contributed by atoms with Gasteiger partial charge < -0.3 is 10.4 Å². The molecular formula is C12H19N3O2. The predicted octanol–water partition coefficient (Wildman–Crippen LogP) is 1.00. The van der Waals surface area contributed by atoms with Crippen LogP contribution >= 0.6 is 0 Å². The summed E-state index contributed by atoms with van der Waals surface area (Å²) in [5, 5.41) is 12.5. The fourth-order valence-corrected chi connectivity index (χ4v) is 1.26. The van der Waals surface area contributed by atoms with Crippen molar-refractivity contribution in [2.75, 3.05) is 6.54 Å². The van der Waals surface area contributed by atoms with Gasteiger partial charge in [-0.2, -0.15) is 0 Å². The summed E-state index contributed by atoms with van der Waals surface area (Å²) in [6.07, 6.45) is 4.48. The number of amides is 1. The number of aliphatic hydroxyl groups excluding tert-OH is 1. The molecule has 0 aliphatic rings. The minimum absolute atomic E-state index is 0.169. The van der Waals surface area contributed by atoms with Gasteiger partial charge in [0.15, 0.2) is 0 Å². The Hall–Kier alpha value is -1.49. The van der Waals surface area contributed by atoms with Crippen LogP contribution < -0.4 is 5.32 Å². The van der Waals surface area contributed by atoms with E-state index < -0.39 is 6.10 Å². The maximum absolute atomic E-state index is 11.6. The van der Waals surface area contributed by atoms with Crippen LogP contribution in [0.1, 0.15) is 37.7 Å². The summed E-state index contributed by atoms with van der Waals surface area (Å²) >= 11 is 0. The normalized spacial score (nSPS) is 13.2. The molecule has 5 nitrogen and oxygen atoms in total. The molecule has 0 saturated carbocycles. The second kappa shape index (κ2) is 5.72. The zero-order chi connectivity index (χ0) is 12.9. The van der Waals surface area contributed by atoms with Gasteiger partial charge in [-0.05, 0) is 11.8 Å². The Labute approximate surface area is 101 Å². The number of rotatable bonds is 4. The maximum Gasteiger partial charge on any atom is 0.271 e. The van der Waals surface area contributed by atoms with E-state index in [2.05, 4.69) is 15.3 Å². The van der Waals surface area contributed by atoms with E-state index in [-0.39, 0.29) is 17.0 Å². The van der Waals surface area contributed by atoms with E-state index in [0.29, 0.717) is 13.0 Å². The Morgan fingerprint density at radius 3 is 2.71 bits per heavy atom. The van der Waals surface area contributed by atoms with Crippen molar-refractivity contribution in [1.29, 1.82) is 0 Å². The summed E-state index contributed by atoms with van der Waals surface area (Å²) in [5.41, 5.74) is 0.120. The third-order valence-corrected chi connectivity index (χ3v) is 2.50. The molecule has 1 atom stereocenters. The third-order valence-electron chi connectivity index (χ3n) is 2.50. The van der Waals surface area contributed by atoms with Crippen molar-refractivity contribution < 1.29 is 9.90 Å². The van der Waals surface area contributed by atoms with Crippen molar-refractivity contribution >= 4 is 5.91 Å². The van der Waals surface area contributed by atoms with Gasteiger partial charge in [0, 0.05) is 18.9 Å². The largest absolute Gasteiger partial charge is 0.393 e. The summed E-state index contributed by atoms with van der Waals surface area (Å²) in [5.74, 6) is -0.265. The minimum Gasteiger partial charge on any atom is -0.393 e. The summed E-state index contributed by atoms with van der Waals surface area (Å²) in [6, 6.07) is 0. The predicted molar refractivity (Wildman–Crippen MR) is 64.4 cm³/mol. The van der Waals surface area contributed by atoms with E-state index in [0.717, 1.165) is 0 Å². The van der Waals surface area contributed by atoms with E-state index >= 15 is 0 Å². The van der Waals surface area contributed by atoms with Gasteiger partial charge in [0.05, 0.1) is 12.3 Å². The average Bonchev–Trinajstić information content (AvgIpc) is 2.28. The van der Waals surface area contributed by atoms with Gasteiger partial charge in [0.2, 0.25) is 0 Å². The van der Waals surface area contributed by atoms with Gasteiger partial charge in [-0.1, -0.05) is 20.8 Å². The summed E-state index contributed by atoms with van der Waals surface area (Å²) in [7, 11) is 0. The molecule has 0 fully saturated rings. The molecule has 17 heavy (non-hydrogen) atoms. The Bertz CT molecular complexity index is 360. The maximum atomic E-state index is 11.6. The molecule has 0 aliphatic carbocycles. The lowest BCUT2D eigenvalue weighted by atomic mass is 9.87. The molecule has 1 aromatic heterocycles. The summed E-state index contributed by atoms with van der Waals surface area (Å²) in [4.78, 5) is 19.3. The van der Waals surface area contributed by atoms with Crippen LogP contribution in [0.3, 0.4) is 0 Å². The van der Waals surface area contributed by atoms with Crippen LogP contribution in [0.2, 0.25) is 0 Å². The number of hydrogen-bond donors (Lipinski definition) is 2. The Balaban J connectivity index is 2.35. The highest BCUT2D eigenvalue weighted by Gasteiger charge is 2.21. The highest BCUT2D eigenvalue weighted by atomic mass is 16.3. The van der Waals surface area contributed by atoms with Crippen LogP contribution in [0.25, 0.3) is 0 Å². The highest BCUT2D eigenvalue weighted by Crippen LogP contribution is 2.20. The van der Waals surface area contributed by atoms with Crippen molar-refractivity contribution in [3.8, 4) is 0 Å². The highest BCUT2D eigenvalue weighted by molar-refractivity contribution is 5.91. The molecule has 1 rings (SSSR count). The molecule has 1 unspecified atom stereocenters. The third kappa shape index (κ3) is 4.48. The SMILES string of the molecule is CC(C)(C)C(O)CCNC(=O)c1cnccn1. The molecule has 0 aromatic carbocycles. The number of carbonyl (C=O) groups excluding carboxylic acids is 1. The Morgan fingerprint density at radius 1 is 1.47 bits per heavy atom. The second-order valence-corrected chi connectivity index (χ2v) is 5.02. The fourth-order valence-electron chi connectivity index (χ4n) is 1.26. The molecule has 0 bridgehead atoms. The Kier molecular flexibility index (Phi) is 4.57. The van der Waals surface area contributed by atoms with Crippen LogP contribution in [0, 0.1) is 5.41 Å². The van der Waals surface area contributed by atoms with Gasteiger partial charge in [-0.3, -0.25) is 9.78 Å². The quantitative estimate of drug-likeness (QED) is 0.819. The van der Waals surface area contributed by atoms with Crippen molar-refractivity contribution in [2.24, 2.45) is 5.41 Å². The molecule has 1 aromatic rings. The smallest absolute Gasteiger partial charge is 0.271 e. The van der Waals surface area contributed by atoms with E-state index in [1.807, 2.05) is 20.8 Å². The standard InChI is InChI=1S/C12H19N3O2/c1-12(2,3)10(16)4-5-15-11(17)9-8-13-6-7-14-9/h6-8,10,16H,4-5H2,1-3H3,(H,15,17). The van der Waals surface area contributed by atoms with E-state index in [1.165, 1.54) is 18.6 Å². The van der Waals surface area contributed by atoms with E-state index in [1.54, 1.807) is 0 Å². The van der Waals surface area contributed by atoms with Crippen LogP contribution in [-0.2, 0) is 0 Å². The molecule has 0 aliphatic heterocycles. The number of nitrogens with zero attached hydrogens (tertiary/aromatic N) is 2. The topological polar surface area (TPSA) is 75.1 Å². The average molecular weight is 237 g/mol. The molecule has 1 heterocycles. The van der Waals surface area contributed by atoms with Gasteiger partial charge in [-0.15, -0.1) is 0 Å². The lowest BCUT2D eigenvalue weighted by Crippen LogP contribution is -2.32. The van der Waals surface area contributed by atoms with Gasteiger partial charge in [-0.25, -0.2) is 4.98 Å². The molecule has 5 heteroatoms. The molecule has 94 valence electrons. The van der Waals surface area contributed by atoms with E-state index in [9.17, 15) is 9.90 Å². The first-order chi connectivity index (χ1) is 7.91. The first kappa shape index (κ1) is 13.6. The zero-order valence-corrected chi connectivity index (χ0v) is 10.5. The molecule has 0 radical (unpaired) electrons. The Morgan fingerprint density at radius 2 is 2.18 bits per heavy atom. The molecular weight excluding hydrogens is 218 g/mol. The van der Waals surface area contributed by atoms with Crippen LogP contribution in [0.15, 0.2) is 18.6 Å². The summed E-state index contributed by atoms with van der Waals surface area (Å²) in [6.45, 7) is 6.31. The van der Waals surface area contributed by atoms with Crippen molar-refractivity contribution in [3.63, 3.8) is 0 Å². The number of nitrogens with one attached hydrogen (secondary N) is 1. The molecule has 0 spiro atoms. The zero-order valence-electron chi connectivity index (χ0n) is 10.5. The number of hydrogen-bond acceptors (Lipinski definition) is 4. The van der Waals surface area contributed by atoms with E-state index in [4.69, 9.17) is 0 Å². The lowest BCUT2D eigenvalue weighted by molar-refractivity contribution is 0.0550. The van der Waals surface area contributed by atoms with Crippen molar-refractivity contribution in [2.45, 2.75) is 33.3 Å². The van der Waals surface area contributed by atoms with Crippen molar-refractivity contribution in [3.05, 3.63) is 24.3 Å². The molecule has 1 amide bonds. The van der Waals surface area contributed by atoms with Crippen molar-refractivity contribution in [1.82, 2.24) is 15.3 Å². The van der Waals surface area contributed by atoms with Gasteiger partial charge >= 0.3 is 0 Å².